The van der Waals surface area contributed by atoms with Crippen molar-refractivity contribution in [2.75, 3.05) is 33.4 Å². The lowest BCUT2D eigenvalue weighted by Gasteiger charge is -2.22. The quantitative estimate of drug-likeness (QED) is 0.756. The Morgan fingerprint density at radius 1 is 1.06 bits per heavy atom. The Morgan fingerprint density at radius 2 is 1.72 bits per heavy atom. The third-order valence-electron chi connectivity index (χ3n) is 2.71. The van der Waals surface area contributed by atoms with Gasteiger partial charge in [0.1, 0.15) is 12.4 Å². The molecule has 3 nitrogen and oxygen atoms in total. The van der Waals surface area contributed by atoms with Crippen LogP contribution in [0, 0.1) is 0 Å². The fourth-order valence-electron chi connectivity index (χ4n) is 1.74. The lowest BCUT2D eigenvalue weighted by atomic mass is 9.86. The predicted octanol–water partition coefficient (Wildman–Crippen LogP) is 2.60. The molecule has 0 atom stereocenters. The SMILES string of the molecule is COCCNCCOc1ccccc1C(C)(C)C. The Labute approximate surface area is 110 Å². The van der Waals surface area contributed by atoms with Gasteiger partial charge in [0.25, 0.3) is 0 Å². The molecule has 0 heterocycles. The fourth-order valence-corrected chi connectivity index (χ4v) is 1.74. The van der Waals surface area contributed by atoms with E-state index in [4.69, 9.17) is 9.47 Å². The molecule has 0 aliphatic heterocycles. The molecule has 0 bridgehead atoms. The number of para-hydroxylation sites is 1. The van der Waals surface area contributed by atoms with Crippen LogP contribution in [0.15, 0.2) is 24.3 Å². The number of ether oxygens (including phenoxy) is 2. The van der Waals surface area contributed by atoms with Gasteiger partial charge in [0, 0.05) is 20.2 Å². The fraction of sp³-hybridized carbons (Fsp3) is 0.600. The summed E-state index contributed by atoms with van der Waals surface area (Å²) >= 11 is 0. The second-order valence-electron chi connectivity index (χ2n) is 5.34. The van der Waals surface area contributed by atoms with Crippen molar-refractivity contribution in [1.82, 2.24) is 5.32 Å². The average Bonchev–Trinajstić information content (AvgIpc) is 2.33. The lowest BCUT2D eigenvalue weighted by Crippen LogP contribution is -2.25. The summed E-state index contributed by atoms with van der Waals surface area (Å²) in [5.41, 5.74) is 1.36. The van der Waals surface area contributed by atoms with Crippen molar-refractivity contribution in [1.29, 1.82) is 0 Å². The third-order valence-corrected chi connectivity index (χ3v) is 2.71. The van der Waals surface area contributed by atoms with E-state index in [1.165, 1.54) is 5.56 Å². The minimum absolute atomic E-state index is 0.111. The molecule has 0 radical (unpaired) electrons. The Kier molecular flexibility index (Phi) is 6.16. The van der Waals surface area contributed by atoms with E-state index >= 15 is 0 Å². The summed E-state index contributed by atoms with van der Waals surface area (Å²) in [6.07, 6.45) is 0. The topological polar surface area (TPSA) is 30.5 Å². The van der Waals surface area contributed by atoms with Gasteiger partial charge in [-0.15, -0.1) is 0 Å². The number of nitrogens with one attached hydrogen (secondary N) is 1. The predicted molar refractivity (Wildman–Crippen MR) is 75.4 cm³/mol. The van der Waals surface area contributed by atoms with Gasteiger partial charge in [0.05, 0.1) is 6.61 Å². The highest BCUT2D eigenvalue weighted by molar-refractivity contribution is 5.38. The molecular formula is C15H25NO2. The molecule has 0 aliphatic carbocycles. The van der Waals surface area contributed by atoms with Gasteiger partial charge >= 0.3 is 0 Å². The average molecular weight is 251 g/mol. The highest BCUT2D eigenvalue weighted by atomic mass is 16.5. The van der Waals surface area contributed by atoms with Gasteiger partial charge < -0.3 is 14.8 Å². The first-order valence-corrected chi connectivity index (χ1v) is 6.47. The van der Waals surface area contributed by atoms with E-state index in [0.717, 1.165) is 25.4 Å². The summed E-state index contributed by atoms with van der Waals surface area (Å²) in [5.74, 6) is 0.985. The van der Waals surface area contributed by atoms with E-state index in [0.29, 0.717) is 6.61 Å². The molecule has 0 fully saturated rings. The largest absolute Gasteiger partial charge is 0.492 e. The highest BCUT2D eigenvalue weighted by Crippen LogP contribution is 2.30. The molecule has 1 N–H and O–H groups in total. The minimum Gasteiger partial charge on any atom is -0.492 e. The number of hydrogen-bond acceptors (Lipinski definition) is 3. The van der Waals surface area contributed by atoms with Crippen LogP contribution < -0.4 is 10.1 Å². The molecule has 18 heavy (non-hydrogen) atoms. The van der Waals surface area contributed by atoms with Crippen molar-refractivity contribution < 1.29 is 9.47 Å². The van der Waals surface area contributed by atoms with Gasteiger partial charge in [-0.25, -0.2) is 0 Å². The van der Waals surface area contributed by atoms with Crippen LogP contribution in [-0.4, -0.2) is 33.4 Å². The second-order valence-corrected chi connectivity index (χ2v) is 5.34. The molecule has 0 saturated heterocycles. The summed E-state index contributed by atoms with van der Waals surface area (Å²) in [7, 11) is 1.71. The smallest absolute Gasteiger partial charge is 0.123 e. The normalized spacial score (nSPS) is 11.6. The Balaban J connectivity index is 2.43. The molecule has 102 valence electrons. The van der Waals surface area contributed by atoms with Crippen molar-refractivity contribution in [2.24, 2.45) is 0 Å². The zero-order chi connectivity index (χ0) is 13.4. The maximum absolute atomic E-state index is 5.84. The lowest BCUT2D eigenvalue weighted by molar-refractivity contribution is 0.196. The molecular weight excluding hydrogens is 226 g/mol. The van der Waals surface area contributed by atoms with Crippen molar-refractivity contribution in [3.8, 4) is 5.75 Å². The van der Waals surface area contributed by atoms with Crippen molar-refractivity contribution in [2.45, 2.75) is 26.2 Å². The molecule has 3 heteroatoms. The number of benzene rings is 1. The van der Waals surface area contributed by atoms with E-state index in [1.807, 2.05) is 12.1 Å². The van der Waals surface area contributed by atoms with Gasteiger partial charge in [0.15, 0.2) is 0 Å². The number of rotatable bonds is 7. The molecule has 0 amide bonds. The van der Waals surface area contributed by atoms with Gasteiger partial charge in [-0.2, -0.15) is 0 Å². The van der Waals surface area contributed by atoms with Gasteiger partial charge in [-0.05, 0) is 17.0 Å². The Hall–Kier alpha value is -1.06. The first-order chi connectivity index (χ1) is 8.55. The van der Waals surface area contributed by atoms with Crippen LogP contribution in [0.2, 0.25) is 0 Å². The monoisotopic (exact) mass is 251 g/mol. The summed E-state index contributed by atoms with van der Waals surface area (Å²) in [5, 5.41) is 3.26. The molecule has 1 aromatic carbocycles. The van der Waals surface area contributed by atoms with E-state index in [9.17, 15) is 0 Å². The van der Waals surface area contributed by atoms with E-state index in [1.54, 1.807) is 7.11 Å². The third kappa shape index (κ3) is 5.07. The van der Waals surface area contributed by atoms with Crippen LogP contribution >= 0.6 is 0 Å². The molecule has 0 aromatic heterocycles. The summed E-state index contributed by atoms with van der Waals surface area (Å²) in [6, 6.07) is 8.25. The maximum Gasteiger partial charge on any atom is 0.123 e. The molecule has 0 unspecified atom stereocenters. The van der Waals surface area contributed by atoms with Crippen molar-refractivity contribution in [3.05, 3.63) is 29.8 Å². The van der Waals surface area contributed by atoms with Crippen LogP contribution in [0.4, 0.5) is 0 Å². The van der Waals surface area contributed by atoms with Crippen LogP contribution in [0.25, 0.3) is 0 Å². The van der Waals surface area contributed by atoms with Gasteiger partial charge in [0.2, 0.25) is 0 Å². The van der Waals surface area contributed by atoms with Gasteiger partial charge in [-0.1, -0.05) is 39.0 Å². The van der Waals surface area contributed by atoms with Crippen LogP contribution in [0.1, 0.15) is 26.3 Å². The van der Waals surface area contributed by atoms with Crippen LogP contribution in [0.5, 0.6) is 5.75 Å². The zero-order valence-electron chi connectivity index (χ0n) is 12.0. The van der Waals surface area contributed by atoms with Crippen LogP contribution in [0.3, 0.4) is 0 Å². The Morgan fingerprint density at radius 3 is 2.39 bits per heavy atom. The van der Waals surface area contributed by atoms with Gasteiger partial charge in [-0.3, -0.25) is 0 Å². The van der Waals surface area contributed by atoms with Crippen molar-refractivity contribution in [3.63, 3.8) is 0 Å². The first kappa shape index (κ1) is 15.0. The number of methoxy groups -OCH3 is 1. The highest BCUT2D eigenvalue weighted by Gasteiger charge is 2.17. The van der Waals surface area contributed by atoms with Crippen molar-refractivity contribution >= 4 is 0 Å². The maximum atomic E-state index is 5.84. The second kappa shape index (κ2) is 7.39. The molecule has 1 rings (SSSR count). The molecule has 0 spiro atoms. The summed E-state index contributed by atoms with van der Waals surface area (Å²) in [6.45, 7) is 9.71. The molecule has 0 aliphatic rings. The molecule has 0 saturated carbocycles. The van der Waals surface area contributed by atoms with E-state index < -0.39 is 0 Å². The van der Waals surface area contributed by atoms with E-state index in [-0.39, 0.29) is 5.41 Å². The summed E-state index contributed by atoms with van der Waals surface area (Å²) < 4.78 is 10.8. The first-order valence-electron chi connectivity index (χ1n) is 6.47. The zero-order valence-corrected chi connectivity index (χ0v) is 12.0. The number of hydrogen-bond donors (Lipinski definition) is 1. The summed E-state index contributed by atoms with van der Waals surface area (Å²) in [4.78, 5) is 0. The molecule has 1 aromatic rings. The van der Waals surface area contributed by atoms with E-state index in [2.05, 4.69) is 38.2 Å². The minimum atomic E-state index is 0.111. The van der Waals surface area contributed by atoms with Crippen LogP contribution in [-0.2, 0) is 10.2 Å². The Bertz CT molecular complexity index is 345. The standard InChI is InChI=1S/C15H25NO2/c1-15(2,3)13-7-5-6-8-14(13)18-12-10-16-9-11-17-4/h5-8,16H,9-12H2,1-4H3.